The Bertz CT molecular complexity index is 1120. The van der Waals surface area contributed by atoms with Crippen LogP contribution in [0.5, 0.6) is 0 Å². The smallest absolute Gasteiger partial charge is 0.259 e. The van der Waals surface area contributed by atoms with Crippen LogP contribution >= 0.6 is 15.9 Å². The molecule has 0 aliphatic carbocycles. The number of hydrogen-bond acceptors (Lipinski definition) is 5. The fourth-order valence-corrected chi connectivity index (χ4v) is 4.14. The SMILES string of the molecule is O=S(=O)(c1ccccc1)n1cc(-c2ncn[nH]2)c2cc(Br)cnc21. The summed E-state index contributed by atoms with van der Waals surface area (Å²) in [5, 5.41) is 7.24. The van der Waals surface area contributed by atoms with Crippen LogP contribution in [-0.2, 0) is 10.0 Å². The molecular weight excluding hydrogens is 394 g/mol. The summed E-state index contributed by atoms with van der Waals surface area (Å²) in [4.78, 5) is 8.58. The van der Waals surface area contributed by atoms with Crippen molar-refractivity contribution in [2.24, 2.45) is 0 Å². The second-order valence-corrected chi connectivity index (χ2v) is 7.75. The number of pyridine rings is 1. The monoisotopic (exact) mass is 403 g/mol. The van der Waals surface area contributed by atoms with Gasteiger partial charge in [0.15, 0.2) is 11.5 Å². The van der Waals surface area contributed by atoms with Crippen LogP contribution in [0.15, 0.2) is 64.5 Å². The second kappa shape index (κ2) is 5.53. The predicted molar refractivity (Wildman–Crippen MR) is 91.8 cm³/mol. The van der Waals surface area contributed by atoms with Gasteiger partial charge in [0.1, 0.15) is 6.33 Å². The maximum atomic E-state index is 13.0. The maximum absolute atomic E-state index is 13.0. The predicted octanol–water partition coefficient (Wildman–Crippen LogP) is 2.82. The molecule has 4 rings (SSSR count). The molecule has 0 unspecified atom stereocenters. The van der Waals surface area contributed by atoms with Crippen molar-refractivity contribution in [2.45, 2.75) is 4.90 Å². The van der Waals surface area contributed by atoms with E-state index in [2.05, 4.69) is 36.1 Å². The molecule has 0 spiro atoms. The zero-order valence-electron chi connectivity index (χ0n) is 12.1. The van der Waals surface area contributed by atoms with Gasteiger partial charge in [-0.3, -0.25) is 5.10 Å². The van der Waals surface area contributed by atoms with Gasteiger partial charge in [-0.05, 0) is 34.1 Å². The van der Waals surface area contributed by atoms with Crippen LogP contribution in [0.25, 0.3) is 22.4 Å². The molecule has 0 aliphatic rings. The highest BCUT2D eigenvalue weighted by Gasteiger charge is 2.23. The van der Waals surface area contributed by atoms with Gasteiger partial charge in [-0.1, -0.05) is 18.2 Å². The Morgan fingerprint density at radius 1 is 1.12 bits per heavy atom. The lowest BCUT2D eigenvalue weighted by atomic mass is 10.2. The van der Waals surface area contributed by atoms with Crippen LogP contribution in [0.4, 0.5) is 0 Å². The fraction of sp³-hybridized carbons (Fsp3) is 0. The van der Waals surface area contributed by atoms with E-state index in [1.807, 2.05) is 0 Å². The first kappa shape index (κ1) is 15.0. The molecule has 3 heterocycles. The number of halogens is 1. The van der Waals surface area contributed by atoms with Crippen molar-refractivity contribution in [2.75, 3.05) is 0 Å². The minimum atomic E-state index is -3.77. The summed E-state index contributed by atoms with van der Waals surface area (Å²) < 4.78 is 27.9. The van der Waals surface area contributed by atoms with Crippen LogP contribution in [0.2, 0.25) is 0 Å². The highest BCUT2D eigenvalue weighted by Crippen LogP contribution is 2.31. The number of nitrogens with one attached hydrogen (secondary N) is 1. The van der Waals surface area contributed by atoms with Gasteiger partial charge in [-0.15, -0.1) is 0 Å². The Kier molecular flexibility index (Phi) is 3.47. The Balaban J connectivity index is 2.04. The van der Waals surface area contributed by atoms with Crippen molar-refractivity contribution in [3.8, 4) is 11.4 Å². The molecule has 3 aromatic heterocycles. The Hall–Kier alpha value is -2.52. The first-order chi connectivity index (χ1) is 11.6. The van der Waals surface area contributed by atoms with E-state index in [-0.39, 0.29) is 4.90 Å². The van der Waals surface area contributed by atoms with E-state index in [0.717, 1.165) is 4.47 Å². The Morgan fingerprint density at radius 2 is 1.92 bits per heavy atom. The normalized spacial score (nSPS) is 11.9. The van der Waals surface area contributed by atoms with Crippen LogP contribution in [0.3, 0.4) is 0 Å². The van der Waals surface area contributed by atoms with E-state index in [0.29, 0.717) is 22.4 Å². The van der Waals surface area contributed by atoms with Crippen LogP contribution in [0.1, 0.15) is 0 Å². The summed E-state index contributed by atoms with van der Waals surface area (Å²) in [5.41, 5.74) is 0.934. The molecule has 0 aliphatic heterocycles. The highest BCUT2D eigenvalue weighted by molar-refractivity contribution is 9.10. The minimum Gasteiger partial charge on any atom is -0.259 e. The average molecular weight is 404 g/mol. The lowest BCUT2D eigenvalue weighted by molar-refractivity contribution is 0.589. The summed E-state index contributed by atoms with van der Waals surface area (Å²) in [5.74, 6) is 0.474. The molecule has 4 aromatic rings. The van der Waals surface area contributed by atoms with Gasteiger partial charge in [0, 0.05) is 27.8 Å². The van der Waals surface area contributed by atoms with Gasteiger partial charge >= 0.3 is 0 Å². The van der Waals surface area contributed by atoms with E-state index in [9.17, 15) is 8.42 Å². The number of fused-ring (bicyclic) bond motifs is 1. The molecule has 0 saturated carbocycles. The quantitative estimate of drug-likeness (QED) is 0.567. The first-order valence-electron chi connectivity index (χ1n) is 6.90. The molecule has 0 atom stereocenters. The zero-order chi connectivity index (χ0) is 16.7. The van der Waals surface area contributed by atoms with E-state index in [4.69, 9.17) is 0 Å². The summed E-state index contributed by atoms with van der Waals surface area (Å²) in [7, 11) is -3.77. The number of aromatic amines is 1. The number of H-pyrrole nitrogens is 1. The number of benzene rings is 1. The summed E-state index contributed by atoms with van der Waals surface area (Å²) >= 11 is 3.37. The number of nitrogens with zero attached hydrogens (tertiary/aromatic N) is 4. The van der Waals surface area contributed by atoms with Gasteiger partial charge in [-0.25, -0.2) is 22.4 Å². The molecule has 24 heavy (non-hydrogen) atoms. The van der Waals surface area contributed by atoms with E-state index < -0.39 is 10.0 Å². The van der Waals surface area contributed by atoms with Crippen LogP contribution < -0.4 is 0 Å². The van der Waals surface area contributed by atoms with E-state index in [1.165, 1.54) is 16.5 Å². The fourth-order valence-electron chi connectivity index (χ4n) is 2.47. The largest absolute Gasteiger partial charge is 0.269 e. The van der Waals surface area contributed by atoms with Crippen molar-refractivity contribution in [3.63, 3.8) is 0 Å². The molecule has 0 fully saturated rings. The Labute approximate surface area is 145 Å². The standard InChI is InChI=1S/C15H10BrN5O2S/c16-10-6-12-13(14-18-9-19-20-14)8-21(15(12)17-7-10)24(22,23)11-4-2-1-3-5-11/h1-9H,(H,18,19,20). The molecule has 0 bridgehead atoms. The lowest BCUT2D eigenvalue weighted by Gasteiger charge is -2.06. The van der Waals surface area contributed by atoms with Crippen molar-refractivity contribution in [1.82, 2.24) is 24.1 Å². The van der Waals surface area contributed by atoms with Crippen molar-refractivity contribution in [1.29, 1.82) is 0 Å². The zero-order valence-corrected chi connectivity index (χ0v) is 14.5. The molecule has 1 N–H and O–H groups in total. The van der Waals surface area contributed by atoms with E-state index in [1.54, 1.807) is 42.6 Å². The summed E-state index contributed by atoms with van der Waals surface area (Å²) in [6.45, 7) is 0. The molecule has 120 valence electrons. The molecule has 0 amide bonds. The van der Waals surface area contributed by atoms with Gasteiger partial charge < -0.3 is 0 Å². The molecule has 7 nitrogen and oxygen atoms in total. The molecule has 0 saturated heterocycles. The Morgan fingerprint density at radius 3 is 2.62 bits per heavy atom. The van der Waals surface area contributed by atoms with Crippen molar-refractivity contribution >= 4 is 37.0 Å². The van der Waals surface area contributed by atoms with E-state index >= 15 is 0 Å². The third kappa shape index (κ3) is 2.33. The molecule has 9 heteroatoms. The van der Waals surface area contributed by atoms with Crippen LogP contribution in [0, 0.1) is 0 Å². The third-order valence-corrected chi connectivity index (χ3v) is 5.65. The maximum Gasteiger partial charge on any atom is 0.269 e. The third-order valence-electron chi connectivity index (χ3n) is 3.55. The molecular formula is C15H10BrN5O2S. The van der Waals surface area contributed by atoms with Gasteiger partial charge in [0.25, 0.3) is 10.0 Å². The van der Waals surface area contributed by atoms with Crippen LogP contribution in [-0.4, -0.2) is 32.6 Å². The average Bonchev–Trinajstić information content (AvgIpc) is 3.22. The van der Waals surface area contributed by atoms with Gasteiger partial charge in [0.2, 0.25) is 0 Å². The van der Waals surface area contributed by atoms with Gasteiger partial charge in [-0.2, -0.15) is 5.10 Å². The minimum absolute atomic E-state index is 0.190. The van der Waals surface area contributed by atoms with Crippen molar-refractivity contribution < 1.29 is 8.42 Å². The summed E-state index contributed by atoms with van der Waals surface area (Å²) in [6, 6.07) is 10.0. The van der Waals surface area contributed by atoms with Crippen molar-refractivity contribution in [3.05, 3.63) is 59.6 Å². The topological polar surface area (TPSA) is 93.5 Å². The number of aromatic nitrogens is 5. The summed E-state index contributed by atoms with van der Waals surface area (Å²) in [6.07, 6.45) is 4.44. The molecule has 1 aromatic carbocycles. The second-order valence-electron chi connectivity index (χ2n) is 5.02. The highest BCUT2D eigenvalue weighted by atomic mass is 79.9. The number of rotatable bonds is 3. The molecule has 0 radical (unpaired) electrons. The first-order valence-corrected chi connectivity index (χ1v) is 9.13. The van der Waals surface area contributed by atoms with Gasteiger partial charge in [0.05, 0.1) is 4.90 Å². The number of hydrogen-bond donors (Lipinski definition) is 1. The lowest BCUT2D eigenvalue weighted by Crippen LogP contribution is -2.12.